The van der Waals surface area contributed by atoms with Crippen LogP contribution in [-0.4, -0.2) is 23.2 Å². The standard InChI is InChI=1S/C14H15NO3S/c1-8-4-10(12(18-3)5-9(8)2)6-13-15-11(7-19-13)14(16)17/h4-5,7H,6H2,1-3H3,(H,16,17). The smallest absolute Gasteiger partial charge is 0.355 e. The van der Waals surface area contributed by atoms with Gasteiger partial charge in [0.2, 0.25) is 0 Å². The molecule has 0 aliphatic heterocycles. The third kappa shape index (κ3) is 2.93. The molecular weight excluding hydrogens is 262 g/mol. The average molecular weight is 277 g/mol. The predicted molar refractivity (Wildman–Crippen MR) is 74.3 cm³/mol. The lowest BCUT2D eigenvalue weighted by Crippen LogP contribution is -1.99. The molecule has 2 rings (SSSR count). The van der Waals surface area contributed by atoms with Crippen molar-refractivity contribution in [3.63, 3.8) is 0 Å². The Morgan fingerprint density at radius 2 is 2.05 bits per heavy atom. The summed E-state index contributed by atoms with van der Waals surface area (Å²) in [7, 11) is 1.64. The molecule has 0 radical (unpaired) electrons. The van der Waals surface area contributed by atoms with Crippen LogP contribution in [0, 0.1) is 13.8 Å². The lowest BCUT2D eigenvalue weighted by Gasteiger charge is -2.10. The zero-order chi connectivity index (χ0) is 14.0. The second kappa shape index (κ2) is 5.40. The van der Waals surface area contributed by atoms with E-state index in [1.54, 1.807) is 12.5 Å². The van der Waals surface area contributed by atoms with Gasteiger partial charge >= 0.3 is 5.97 Å². The second-order valence-electron chi connectivity index (χ2n) is 4.36. The fourth-order valence-electron chi connectivity index (χ4n) is 1.83. The van der Waals surface area contributed by atoms with E-state index < -0.39 is 5.97 Å². The Bertz CT molecular complexity index is 619. The number of aromatic carboxylic acids is 1. The molecule has 1 heterocycles. The summed E-state index contributed by atoms with van der Waals surface area (Å²) < 4.78 is 5.37. The molecule has 0 bridgehead atoms. The van der Waals surface area contributed by atoms with Gasteiger partial charge in [0.15, 0.2) is 5.69 Å². The van der Waals surface area contributed by atoms with Crippen molar-refractivity contribution < 1.29 is 14.6 Å². The number of methoxy groups -OCH3 is 1. The van der Waals surface area contributed by atoms with Crippen LogP contribution in [0.25, 0.3) is 0 Å². The lowest BCUT2D eigenvalue weighted by atomic mass is 10.0. The van der Waals surface area contributed by atoms with Crippen molar-refractivity contribution in [3.8, 4) is 5.75 Å². The first-order valence-electron chi connectivity index (χ1n) is 5.83. The van der Waals surface area contributed by atoms with Gasteiger partial charge in [0.1, 0.15) is 5.75 Å². The molecule has 0 unspecified atom stereocenters. The summed E-state index contributed by atoms with van der Waals surface area (Å²) in [6, 6.07) is 4.06. The molecule has 0 fully saturated rings. The van der Waals surface area contributed by atoms with Gasteiger partial charge in [-0.3, -0.25) is 0 Å². The minimum atomic E-state index is -0.991. The molecule has 0 amide bonds. The van der Waals surface area contributed by atoms with E-state index in [4.69, 9.17) is 9.84 Å². The van der Waals surface area contributed by atoms with Gasteiger partial charge < -0.3 is 9.84 Å². The maximum Gasteiger partial charge on any atom is 0.355 e. The molecule has 1 aromatic heterocycles. The summed E-state index contributed by atoms with van der Waals surface area (Å²) in [6.07, 6.45) is 0.586. The molecule has 4 nitrogen and oxygen atoms in total. The molecular formula is C14H15NO3S. The van der Waals surface area contributed by atoms with Crippen molar-refractivity contribution in [2.24, 2.45) is 0 Å². The van der Waals surface area contributed by atoms with Crippen molar-refractivity contribution in [2.75, 3.05) is 7.11 Å². The van der Waals surface area contributed by atoms with Crippen LogP contribution in [-0.2, 0) is 6.42 Å². The van der Waals surface area contributed by atoms with E-state index in [-0.39, 0.29) is 5.69 Å². The molecule has 2 aromatic rings. The number of carboxylic acid groups (broad SMARTS) is 1. The van der Waals surface area contributed by atoms with Gasteiger partial charge in [-0.1, -0.05) is 6.07 Å². The zero-order valence-corrected chi connectivity index (χ0v) is 11.9. The maximum absolute atomic E-state index is 10.8. The number of nitrogens with zero attached hydrogens (tertiary/aromatic N) is 1. The van der Waals surface area contributed by atoms with Gasteiger partial charge in [0, 0.05) is 17.4 Å². The number of carbonyl (C=O) groups is 1. The number of hydrogen-bond acceptors (Lipinski definition) is 4. The Balaban J connectivity index is 2.31. The van der Waals surface area contributed by atoms with Crippen LogP contribution in [0.2, 0.25) is 0 Å². The van der Waals surface area contributed by atoms with E-state index in [0.717, 1.165) is 16.3 Å². The molecule has 0 saturated carbocycles. The van der Waals surface area contributed by atoms with Gasteiger partial charge in [0.05, 0.1) is 12.1 Å². The molecule has 1 aromatic carbocycles. The lowest BCUT2D eigenvalue weighted by molar-refractivity contribution is 0.0691. The van der Waals surface area contributed by atoms with E-state index in [2.05, 4.69) is 11.1 Å². The first-order valence-corrected chi connectivity index (χ1v) is 6.71. The van der Waals surface area contributed by atoms with Crippen molar-refractivity contribution in [1.82, 2.24) is 4.98 Å². The van der Waals surface area contributed by atoms with E-state index in [9.17, 15) is 4.79 Å². The minimum Gasteiger partial charge on any atom is -0.496 e. The van der Waals surface area contributed by atoms with Crippen LogP contribution in [0.3, 0.4) is 0 Å². The van der Waals surface area contributed by atoms with Gasteiger partial charge in [-0.05, 0) is 31.0 Å². The van der Waals surface area contributed by atoms with E-state index in [1.165, 1.54) is 22.5 Å². The van der Waals surface area contributed by atoms with Crippen molar-refractivity contribution in [1.29, 1.82) is 0 Å². The van der Waals surface area contributed by atoms with Gasteiger partial charge in [-0.25, -0.2) is 9.78 Å². The van der Waals surface area contributed by atoms with Gasteiger partial charge in [-0.2, -0.15) is 0 Å². The molecule has 0 spiro atoms. The molecule has 5 heteroatoms. The summed E-state index contributed by atoms with van der Waals surface area (Å²) in [5.41, 5.74) is 3.48. The number of ether oxygens (including phenoxy) is 1. The zero-order valence-electron chi connectivity index (χ0n) is 11.1. The third-order valence-corrected chi connectivity index (χ3v) is 3.86. The summed E-state index contributed by atoms with van der Waals surface area (Å²) in [6.45, 7) is 4.08. The van der Waals surface area contributed by atoms with Crippen LogP contribution in [0.5, 0.6) is 5.75 Å². The Morgan fingerprint density at radius 3 is 2.63 bits per heavy atom. The largest absolute Gasteiger partial charge is 0.496 e. The Hall–Kier alpha value is -1.88. The van der Waals surface area contributed by atoms with Crippen molar-refractivity contribution in [2.45, 2.75) is 20.3 Å². The SMILES string of the molecule is COc1cc(C)c(C)cc1Cc1nc(C(=O)O)cs1. The topological polar surface area (TPSA) is 59.4 Å². The first kappa shape index (κ1) is 13.5. The Morgan fingerprint density at radius 1 is 1.37 bits per heavy atom. The number of aryl methyl sites for hydroxylation is 2. The fourth-order valence-corrected chi connectivity index (χ4v) is 2.62. The van der Waals surface area contributed by atoms with Crippen LogP contribution in [0.4, 0.5) is 0 Å². The number of thiazole rings is 1. The monoisotopic (exact) mass is 277 g/mol. The predicted octanol–water partition coefficient (Wildman–Crippen LogP) is 3.06. The Labute approximate surface area is 115 Å². The van der Waals surface area contributed by atoms with Crippen molar-refractivity contribution >= 4 is 17.3 Å². The van der Waals surface area contributed by atoms with E-state index in [0.29, 0.717) is 6.42 Å². The van der Waals surface area contributed by atoms with Crippen LogP contribution < -0.4 is 4.74 Å². The number of hydrogen-bond donors (Lipinski definition) is 1. The highest BCUT2D eigenvalue weighted by Gasteiger charge is 2.12. The van der Waals surface area contributed by atoms with Gasteiger partial charge in [-0.15, -0.1) is 11.3 Å². The molecule has 100 valence electrons. The number of benzene rings is 1. The highest BCUT2D eigenvalue weighted by Crippen LogP contribution is 2.26. The highest BCUT2D eigenvalue weighted by atomic mass is 32.1. The number of rotatable bonds is 4. The van der Waals surface area contributed by atoms with Crippen LogP contribution >= 0.6 is 11.3 Å². The Kier molecular flexibility index (Phi) is 3.85. The first-order chi connectivity index (χ1) is 9.01. The van der Waals surface area contributed by atoms with Crippen LogP contribution in [0.1, 0.15) is 32.2 Å². The third-order valence-electron chi connectivity index (χ3n) is 3.01. The van der Waals surface area contributed by atoms with E-state index >= 15 is 0 Å². The number of aromatic nitrogens is 1. The molecule has 0 saturated heterocycles. The summed E-state index contributed by atoms with van der Waals surface area (Å²) in [5, 5.41) is 11.2. The maximum atomic E-state index is 10.8. The van der Waals surface area contributed by atoms with Gasteiger partial charge in [0.25, 0.3) is 0 Å². The summed E-state index contributed by atoms with van der Waals surface area (Å²) in [4.78, 5) is 14.9. The molecule has 0 aliphatic rings. The quantitative estimate of drug-likeness (QED) is 0.933. The molecule has 0 atom stereocenters. The molecule has 19 heavy (non-hydrogen) atoms. The molecule has 1 N–H and O–H groups in total. The summed E-state index contributed by atoms with van der Waals surface area (Å²) >= 11 is 1.35. The fraction of sp³-hybridized carbons (Fsp3) is 0.286. The molecule has 0 aliphatic carbocycles. The average Bonchev–Trinajstić information content (AvgIpc) is 2.82. The summed E-state index contributed by atoms with van der Waals surface area (Å²) in [5.74, 6) is -0.176. The minimum absolute atomic E-state index is 0.0998. The number of carboxylic acids is 1. The second-order valence-corrected chi connectivity index (χ2v) is 5.30. The van der Waals surface area contributed by atoms with E-state index in [1.807, 2.05) is 19.9 Å². The highest BCUT2D eigenvalue weighted by molar-refractivity contribution is 7.09. The van der Waals surface area contributed by atoms with Crippen molar-refractivity contribution in [3.05, 3.63) is 44.9 Å². The normalized spacial score (nSPS) is 10.5. The van der Waals surface area contributed by atoms with Crippen LogP contribution in [0.15, 0.2) is 17.5 Å².